The summed E-state index contributed by atoms with van der Waals surface area (Å²) in [4.78, 5) is 0. The first-order valence-electron chi connectivity index (χ1n) is 9.81. The van der Waals surface area contributed by atoms with Crippen LogP contribution >= 0.6 is 11.3 Å². The second-order valence-electron chi connectivity index (χ2n) is 6.90. The number of halogens is 5. The van der Waals surface area contributed by atoms with Gasteiger partial charge in [-0.3, -0.25) is 0 Å². The molecule has 0 amide bonds. The first kappa shape index (κ1) is 24.8. The SMILES string of the molecule is NC(CO)c1nnc(-c2ccc(OCCCCOc3cccc(F)c3F)c(C(F)(F)F)c2)s1. The zero-order chi connectivity index (χ0) is 24.0. The van der Waals surface area contributed by atoms with E-state index in [2.05, 4.69) is 10.2 Å². The van der Waals surface area contributed by atoms with E-state index in [1.807, 2.05) is 0 Å². The number of aliphatic hydroxyl groups is 1. The summed E-state index contributed by atoms with van der Waals surface area (Å²) < 4.78 is 77.8. The van der Waals surface area contributed by atoms with Gasteiger partial charge in [0.25, 0.3) is 0 Å². The fourth-order valence-electron chi connectivity index (χ4n) is 2.75. The highest BCUT2D eigenvalue weighted by molar-refractivity contribution is 7.14. The molecule has 0 saturated carbocycles. The van der Waals surface area contributed by atoms with Crippen LogP contribution in [0.25, 0.3) is 10.6 Å². The van der Waals surface area contributed by atoms with Crippen LogP contribution in [0.15, 0.2) is 36.4 Å². The van der Waals surface area contributed by atoms with Crippen molar-refractivity contribution in [2.24, 2.45) is 5.73 Å². The van der Waals surface area contributed by atoms with Crippen molar-refractivity contribution in [1.82, 2.24) is 10.2 Å². The maximum absolute atomic E-state index is 13.6. The molecule has 1 aromatic heterocycles. The van der Waals surface area contributed by atoms with Gasteiger partial charge < -0.3 is 20.3 Å². The van der Waals surface area contributed by atoms with E-state index in [9.17, 15) is 22.0 Å². The summed E-state index contributed by atoms with van der Waals surface area (Å²) in [7, 11) is 0. The molecule has 0 fully saturated rings. The summed E-state index contributed by atoms with van der Waals surface area (Å²) in [6.07, 6.45) is -3.98. The molecule has 0 aliphatic rings. The molecular weight excluding hydrogens is 469 g/mol. The molecule has 1 atom stereocenters. The average molecular weight is 489 g/mol. The van der Waals surface area contributed by atoms with Gasteiger partial charge in [-0.25, -0.2) is 4.39 Å². The lowest BCUT2D eigenvalue weighted by Gasteiger charge is -2.15. The van der Waals surface area contributed by atoms with Crippen molar-refractivity contribution in [3.8, 4) is 22.1 Å². The fourth-order valence-corrected chi connectivity index (χ4v) is 3.59. The van der Waals surface area contributed by atoms with Crippen LogP contribution in [0.5, 0.6) is 11.5 Å². The van der Waals surface area contributed by atoms with Gasteiger partial charge in [-0.15, -0.1) is 10.2 Å². The first-order valence-corrected chi connectivity index (χ1v) is 10.6. The lowest BCUT2D eigenvalue weighted by atomic mass is 10.1. The molecule has 3 rings (SSSR count). The van der Waals surface area contributed by atoms with Gasteiger partial charge in [0.05, 0.1) is 31.4 Å². The molecule has 33 heavy (non-hydrogen) atoms. The molecular formula is C21H20F5N3O3S. The first-order chi connectivity index (χ1) is 15.7. The predicted molar refractivity (Wildman–Crippen MR) is 111 cm³/mol. The second kappa shape index (κ2) is 10.9. The number of hydrogen-bond donors (Lipinski definition) is 2. The zero-order valence-electron chi connectivity index (χ0n) is 17.1. The van der Waals surface area contributed by atoms with Crippen LogP contribution in [-0.2, 0) is 6.18 Å². The van der Waals surface area contributed by atoms with Crippen molar-refractivity contribution in [3.05, 3.63) is 58.6 Å². The number of ether oxygens (including phenoxy) is 2. The summed E-state index contributed by atoms with van der Waals surface area (Å²) >= 11 is 0.991. The third kappa shape index (κ3) is 6.36. The zero-order valence-corrected chi connectivity index (χ0v) is 17.9. The van der Waals surface area contributed by atoms with Gasteiger partial charge >= 0.3 is 6.18 Å². The molecule has 0 radical (unpaired) electrons. The van der Waals surface area contributed by atoms with Crippen LogP contribution in [0.3, 0.4) is 0 Å². The molecule has 0 saturated heterocycles. The summed E-state index contributed by atoms with van der Waals surface area (Å²) in [6, 6.07) is 6.34. The van der Waals surface area contributed by atoms with Gasteiger partial charge in [0.15, 0.2) is 11.6 Å². The Hall–Kier alpha value is -2.83. The third-order valence-corrected chi connectivity index (χ3v) is 5.56. The Morgan fingerprint density at radius 3 is 2.36 bits per heavy atom. The molecule has 3 N–H and O–H groups in total. The highest BCUT2D eigenvalue weighted by atomic mass is 32.1. The fraction of sp³-hybridized carbons (Fsp3) is 0.333. The number of benzene rings is 2. The van der Waals surface area contributed by atoms with Crippen LogP contribution in [0, 0.1) is 11.6 Å². The highest BCUT2D eigenvalue weighted by Crippen LogP contribution is 2.39. The van der Waals surface area contributed by atoms with Crippen molar-refractivity contribution in [1.29, 1.82) is 0 Å². The summed E-state index contributed by atoms with van der Waals surface area (Å²) in [5, 5.41) is 17.3. The maximum Gasteiger partial charge on any atom is 0.419 e. The van der Waals surface area contributed by atoms with Crippen LogP contribution in [0.4, 0.5) is 22.0 Å². The number of nitrogens with zero attached hydrogens (tertiary/aromatic N) is 2. The van der Waals surface area contributed by atoms with Gasteiger partial charge in [-0.05, 0) is 43.2 Å². The minimum absolute atomic E-state index is 0.0360. The molecule has 3 aromatic rings. The van der Waals surface area contributed by atoms with Crippen LogP contribution in [0.1, 0.15) is 29.5 Å². The maximum atomic E-state index is 13.6. The topological polar surface area (TPSA) is 90.5 Å². The van der Waals surface area contributed by atoms with E-state index < -0.39 is 29.4 Å². The number of unbranched alkanes of at least 4 members (excludes halogenated alkanes) is 1. The van der Waals surface area contributed by atoms with E-state index >= 15 is 0 Å². The molecule has 0 bridgehead atoms. The average Bonchev–Trinajstić information content (AvgIpc) is 3.28. The minimum Gasteiger partial charge on any atom is -0.493 e. The summed E-state index contributed by atoms with van der Waals surface area (Å²) in [5.41, 5.74) is 4.88. The predicted octanol–water partition coefficient (Wildman–Crippen LogP) is 4.73. The molecule has 0 aliphatic heterocycles. The van der Waals surface area contributed by atoms with E-state index in [4.69, 9.17) is 20.3 Å². The van der Waals surface area contributed by atoms with Crippen molar-refractivity contribution >= 4 is 11.3 Å². The largest absolute Gasteiger partial charge is 0.493 e. The van der Waals surface area contributed by atoms with E-state index in [0.717, 1.165) is 23.5 Å². The minimum atomic E-state index is -4.67. The summed E-state index contributed by atoms with van der Waals surface area (Å²) in [5.74, 6) is -2.70. The van der Waals surface area contributed by atoms with Gasteiger partial charge in [0, 0.05) is 5.56 Å². The Morgan fingerprint density at radius 2 is 1.70 bits per heavy atom. The Morgan fingerprint density at radius 1 is 1.00 bits per heavy atom. The van der Waals surface area contributed by atoms with Gasteiger partial charge in [0.1, 0.15) is 15.8 Å². The Balaban J connectivity index is 1.59. The van der Waals surface area contributed by atoms with E-state index in [1.165, 1.54) is 24.3 Å². The van der Waals surface area contributed by atoms with Gasteiger partial charge in [0.2, 0.25) is 5.82 Å². The number of hydrogen-bond acceptors (Lipinski definition) is 7. The van der Waals surface area contributed by atoms with Crippen molar-refractivity contribution in [2.45, 2.75) is 25.1 Å². The highest BCUT2D eigenvalue weighted by Gasteiger charge is 2.35. The van der Waals surface area contributed by atoms with Gasteiger partial charge in [-0.1, -0.05) is 17.4 Å². The van der Waals surface area contributed by atoms with Crippen LogP contribution < -0.4 is 15.2 Å². The molecule has 0 spiro atoms. The van der Waals surface area contributed by atoms with Crippen molar-refractivity contribution in [3.63, 3.8) is 0 Å². The molecule has 178 valence electrons. The molecule has 0 aliphatic carbocycles. The quantitative estimate of drug-likeness (QED) is 0.316. The van der Waals surface area contributed by atoms with E-state index in [-0.39, 0.29) is 41.9 Å². The number of aliphatic hydroxyl groups excluding tert-OH is 1. The number of nitrogens with two attached hydrogens (primary N) is 1. The van der Waals surface area contributed by atoms with Crippen molar-refractivity contribution < 1.29 is 36.5 Å². The smallest absolute Gasteiger partial charge is 0.419 e. The number of aromatic nitrogens is 2. The molecule has 2 aromatic carbocycles. The lowest BCUT2D eigenvalue weighted by Crippen LogP contribution is -2.13. The third-order valence-electron chi connectivity index (χ3n) is 4.46. The second-order valence-corrected chi connectivity index (χ2v) is 7.91. The standard InChI is InChI=1S/C21H20F5N3O3S/c22-14-4-3-5-17(18(14)23)32-9-2-1-8-31-16-7-6-12(10-13(16)21(24,25)26)19-28-29-20(33-19)15(27)11-30/h3-7,10,15,30H,1-2,8-9,11,27H2. The molecule has 1 unspecified atom stereocenters. The van der Waals surface area contributed by atoms with E-state index in [1.54, 1.807) is 0 Å². The monoisotopic (exact) mass is 489 g/mol. The number of rotatable bonds is 10. The summed E-state index contributed by atoms with van der Waals surface area (Å²) in [6.45, 7) is -0.354. The Bertz CT molecular complexity index is 1080. The van der Waals surface area contributed by atoms with Crippen LogP contribution in [0.2, 0.25) is 0 Å². The Labute approximate surface area is 189 Å². The molecule has 1 heterocycles. The van der Waals surface area contributed by atoms with Gasteiger partial charge in [-0.2, -0.15) is 17.6 Å². The normalized spacial score (nSPS) is 12.6. The molecule has 12 heteroatoms. The van der Waals surface area contributed by atoms with Crippen molar-refractivity contribution in [2.75, 3.05) is 19.8 Å². The number of alkyl halides is 3. The Kier molecular flexibility index (Phi) is 8.16. The van der Waals surface area contributed by atoms with Crippen LogP contribution in [-0.4, -0.2) is 35.1 Å². The molecule has 6 nitrogen and oxygen atoms in total. The lowest BCUT2D eigenvalue weighted by molar-refractivity contribution is -0.138. The van der Waals surface area contributed by atoms with E-state index in [0.29, 0.717) is 17.8 Å².